The number of nitrogens with zero attached hydrogens (tertiary/aromatic N) is 3. The number of nitrogens with one attached hydrogen (secondary N) is 1. The predicted molar refractivity (Wildman–Crippen MR) is 99.8 cm³/mol. The van der Waals surface area contributed by atoms with Crippen molar-refractivity contribution in [2.24, 2.45) is 0 Å². The van der Waals surface area contributed by atoms with Crippen LogP contribution in [0, 0.1) is 6.92 Å². The topological polar surface area (TPSA) is 87.9 Å². The van der Waals surface area contributed by atoms with Crippen LogP contribution in [0.3, 0.4) is 0 Å². The van der Waals surface area contributed by atoms with E-state index >= 15 is 0 Å². The fourth-order valence-corrected chi connectivity index (χ4v) is 2.96. The highest BCUT2D eigenvalue weighted by atomic mass is 16.5. The van der Waals surface area contributed by atoms with Crippen molar-refractivity contribution >= 4 is 17.6 Å². The minimum Gasteiger partial charge on any atom is -0.494 e. The molecular weight excluding hydrogens is 348 g/mol. The molecule has 1 aromatic heterocycles. The number of amides is 2. The molecule has 8 heteroatoms. The Morgan fingerprint density at radius 2 is 1.89 bits per heavy atom. The Morgan fingerprint density at radius 3 is 2.48 bits per heavy atom. The molecule has 0 atom stereocenters. The zero-order chi connectivity index (χ0) is 19.2. The molecule has 1 N–H and O–H groups in total. The second kappa shape index (κ2) is 8.68. The molecule has 2 aromatic rings. The Bertz CT molecular complexity index is 779. The molecule has 2 heterocycles. The first kappa shape index (κ1) is 18.9. The van der Waals surface area contributed by atoms with E-state index in [1.807, 2.05) is 28.9 Å². The molecule has 2 amide bonds. The molecule has 3 rings (SSSR count). The Kier molecular flexibility index (Phi) is 6.08. The summed E-state index contributed by atoms with van der Waals surface area (Å²) >= 11 is 0. The maximum Gasteiger partial charge on any atom is 0.253 e. The van der Waals surface area contributed by atoms with Gasteiger partial charge in [-0.15, -0.1) is 0 Å². The minimum absolute atomic E-state index is 0.000206. The summed E-state index contributed by atoms with van der Waals surface area (Å²) in [5.74, 6) is 1.68. The molecule has 0 aliphatic carbocycles. The first-order valence-corrected chi connectivity index (χ1v) is 9.03. The van der Waals surface area contributed by atoms with E-state index in [0.29, 0.717) is 49.9 Å². The van der Waals surface area contributed by atoms with Crippen LogP contribution < -0.4 is 10.1 Å². The van der Waals surface area contributed by atoms with E-state index in [4.69, 9.17) is 9.26 Å². The zero-order valence-electron chi connectivity index (χ0n) is 15.6. The van der Waals surface area contributed by atoms with Gasteiger partial charge in [-0.25, -0.2) is 0 Å². The third-order valence-corrected chi connectivity index (χ3v) is 4.33. The molecule has 1 aliphatic heterocycles. The monoisotopic (exact) mass is 372 g/mol. The highest BCUT2D eigenvalue weighted by Gasteiger charge is 2.23. The lowest BCUT2D eigenvalue weighted by molar-refractivity contribution is -0.117. The molecule has 1 fully saturated rings. The van der Waals surface area contributed by atoms with Crippen molar-refractivity contribution in [1.82, 2.24) is 15.0 Å². The SMILES string of the molecule is CCOc1ccc(C(=O)N2CCN(CC(=O)Nc3cc(C)on3)CC2)cc1. The fraction of sp³-hybridized carbons (Fsp3) is 0.421. The Balaban J connectivity index is 1.46. The maximum absolute atomic E-state index is 12.6. The van der Waals surface area contributed by atoms with E-state index in [1.165, 1.54) is 0 Å². The number of rotatable bonds is 6. The number of benzene rings is 1. The largest absolute Gasteiger partial charge is 0.494 e. The van der Waals surface area contributed by atoms with Gasteiger partial charge in [0, 0.05) is 37.8 Å². The van der Waals surface area contributed by atoms with E-state index in [1.54, 1.807) is 25.1 Å². The molecule has 27 heavy (non-hydrogen) atoms. The summed E-state index contributed by atoms with van der Waals surface area (Å²) in [6.45, 7) is 7.01. The smallest absolute Gasteiger partial charge is 0.253 e. The van der Waals surface area contributed by atoms with Crippen molar-refractivity contribution in [3.05, 3.63) is 41.7 Å². The van der Waals surface area contributed by atoms with Gasteiger partial charge >= 0.3 is 0 Å². The van der Waals surface area contributed by atoms with E-state index < -0.39 is 0 Å². The van der Waals surface area contributed by atoms with Gasteiger partial charge in [-0.3, -0.25) is 14.5 Å². The zero-order valence-corrected chi connectivity index (χ0v) is 15.6. The summed E-state index contributed by atoms with van der Waals surface area (Å²) in [6.07, 6.45) is 0. The number of carbonyl (C=O) groups is 2. The summed E-state index contributed by atoms with van der Waals surface area (Å²) < 4.78 is 10.3. The summed E-state index contributed by atoms with van der Waals surface area (Å²) in [7, 11) is 0. The van der Waals surface area contributed by atoms with Crippen molar-refractivity contribution in [2.75, 3.05) is 44.6 Å². The third-order valence-electron chi connectivity index (χ3n) is 4.33. The third kappa shape index (κ3) is 5.07. The van der Waals surface area contributed by atoms with E-state index in [-0.39, 0.29) is 18.4 Å². The van der Waals surface area contributed by atoms with Crippen LogP contribution in [-0.2, 0) is 4.79 Å². The maximum atomic E-state index is 12.6. The Morgan fingerprint density at radius 1 is 1.19 bits per heavy atom. The molecule has 1 aromatic carbocycles. The Labute approximate surface area is 158 Å². The number of ether oxygens (including phenoxy) is 1. The van der Waals surface area contributed by atoms with Crippen LogP contribution in [0.15, 0.2) is 34.9 Å². The first-order valence-electron chi connectivity index (χ1n) is 9.03. The second-order valence-electron chi connectivity index (χ2n) is 6.40. The van der Waals surface area contributed by atoms with E-state index in [9.17, 15) is 9.59 Å². The molecule has 0 radical (unpaired) electrons. The van der Waals surface area contributed by atoms with Gasteiger partial charge in [0.05, 0.1) is 13.2 Å². The molecule has 0 unspecified atom stereocenters. The van der Waals surface area contributed by atoms with Gasteiger partial charge in [0.15, 0.2) is 5.82 Å². The van der Waals surface area contributed by atoms with Gasteiger partial charge < -0.3 is 19.5 Å². The van der Waals surface area contributed by atoms with E-state index in [2.05, 4.69) is 10.5 Å². The second-order valence-corrected chi connectivity index (χ2v) is 6.40. The number of aryl methyl sites for hydroxylation is 1. The van der Waals surface area contributed by atoms with Gasteiger partial charge in [0.2, 0.25) is 5.91 Å². The van der Waals surface area contributed by atoms with Crippen molar-refractivity contribution in [3.63, 3.8) is 0 Å². The average molecular weight is 372 g/mol. The standard InChI is InChI=1S/C19H24N4O4/c1-3-26-16-6-4-15(5-7-16)19(25)23-10-8-22(9-11-23)13-18(24)20-17-12-14(2)27-21-17/h4-7,12H,3,8-11,13H2,1-2H3,(H,20,21,24). The molecule has 8 nitrogen and oxygen atoms in total. The first-order chi connectivity index (χ1) is 13.0. The molecular formula is C19H24N4O4. The number of hydrogen-bond donors (Lipinski definition) is 1. The summed E-state index contributed by atoms with van der Waals surface area (Å²) in [6, 6.07) is 8.86. The van der Waals surface area contributed by atoms with Crippen molar-refractivity contribution in [1.29, 1.82) is 0 Å². The highest BCUT2D eigenvalue weighted by Crippen LogP contribution is 2.15. The highest BCUT2D eigenvalue weighted by molar-refractivity contribution is 5.94. The number of anilines is 1. The van der Waals surface area contributed by atoms with Gasteiger partial charge in [0.1, 0.15) is 11.5 Å². The van der Waals surface area contributed by atoms with Crippen molar-refractivity contribution < 1.29 is 18.8 Å². The lowest BCUT2D eigenvalue weighted by atomic mass is 10.1. The van der Waals surface area contributed by atoms with E-state index in [0.717, 1.165) is 5.75 Å². The van der Waals surface area contributed by atoms with Crippen molar-refractivity contribution in [2.45, 2.75) is 13.8 Å². The number of hydrogen-bond acceptors (Lipinski definition) is 6. The van der Waals surface area contributed by atoms with Crippen LogP contribution in [-0.4, -0.2) is 66.1 Å². The number of piperazine rings is 1. The average Bonchev–Trinajstić information content (AvgIpc) is 3.07. The summed E-state index contributed by atoms with van der Waals surface area (Å²) in [5.41, 5.74) is 0.644. The van der Waals surface area contributed by atoms with Crippen LogP contribution in [0.25, 0.3) is 0 Å². The number of aromatic nitrogens is 1. The van der Waals surface area contributed by atoms with Gasteiger partial charge in [-0.05, 0) is 38.1 Å². The fourth-order valence-electron chi connectivity index (χ4n) is 2.96. The normalized spacial score (nSPS) is 14.8. The quantitative estimate of drug-likeness (QED) is 0.832. The van der Waals surface area contributed by atoms with Gasteiger partial charge in [-0.1, -0.05) is 5.16 Å². The van der Waals surface area contributed by atoms with Crippen LogP contribution in [0.4, 0.5) is 5.82 Å². The lowest BCUT2D eigenvalue weighted by Gasteiger charge is -2.34. The van der Waals surface area contributed by atoms with Gasteiger partial charge in [0.25, 0.3) is 5.91 Å². The summed E-state index contributed by atoms with van der Waals surface area (Å²) in [5, 5.41) is 6.46. The minimum atomic E-state index is -0.144. The number of carbonyl (C=O) groups excluding carboxylic acids is 2. The predicted octanol–water partition coefficient (Wildman–Crippen LogP) is 1.78. The lowest BCUT2D eigenvalue weighted by Crippen LogP contribution is -2.50. The van der Waals surface area contributed by atoms with Crippen molar-refractivity contribution in [3.8, 4) is 5.75 Å². The molecule has 144 valence electrons. The molecule has 1 aliphatic rings. The molecule has 1 saturated heterocycles. The molecule has 0 spiro atoms. The molecule has 0 bridgehead atoms. The van der Waals surface area contributed by atoms with Crippen LogP contribution in [0.2, 0.25) is 0 Å². The van der Waals surface area contributed by atoms with Crippen LogP contribution in [0.5, 0.6) is 5.75 Å². The van der Waals surface area contributed by atoms with Crippen LogP contribution in [0.1, 0.15) is 23.0 Å². The van der Waals surface area contributed by atoms with Gasteiger partial charge in [-0.2, -0.15) is 0 Å². The van der Waals surface area contributed by atoms with Crippen LogP contribution >= 0.6 is 0 Å². The molecule has 0 saturated carbocycles. The summed E-state index contributed by atoms with van der Waals surface area (Å²) in [4.78, 5) is 28.5. The Hall–Kier alpha value is -2.87.